The summed E-state index contributed by atoms with van der Waals surface area (Å²) in [6.45, 7) is 2.51. The summed E-state index contributed by atoms with van der Waals surface area (Å²) >= 11 is 0. The second-order valence-electron chi connectivity index (χ2n) is 24.2. The van der Waals surface area contributed by atoms with Gasteiger partial charge in [-0.3, -0.25) is 0 Å². The highest BCUT2D eigenvalue weighted by Crippen LogP contribution is 2.64. The first-order chi connectivity index (χ1) is 43.0. The highest BCUT2D eigenvalue weighted by Gasteiger charge is 2.53. The van der Waals surface area contributed by atoms with Gasteiger partial charge in [-0.2, -0.15) is 0 Å². The molecule has 15 aromatic carbocycles. The van der Waals surface area contributed by atoms with Gasteiger partial charge in [0.25, 0.3) is 0 Å². The van der Waals surface area contributed by atoms with Crippen LogP contribution in [0.3, 0.4) is 0 Å². The van der Waals surface area contributed by atoms with E-state index in [1.54, 1.807) is 0 Å². The summed E-state index contributed by atoms with van der Waals surface area (Å²) < 4.78 is 0. The zero-order chi connectivity index (χ0) is 57.3. The molecule has 0 saturated heterocycles. The van der Waals surface area contributed by atoms with Crippen LogP contribution in [0.1, 0.15) is 29.2 Å². The second-order valence-corrected chi connectivity index (χ2v) is 24.2. The van der Waals surface area contributed by atoms with Crippen LogP contribution < -0.4 is 10.4 Å². The van der Waals surface area contributed by atoms with Crippen LogP contribution in [0.5, 0.6) is 0 Å². The number of rotatable bonds is 8. The first kappa shape index (κ1) is 49.5. The fourth-order valence-electron chi connectivity index (χ4n) is 15.8. The van der Waals surface area contributed by atoms with Crippen LogP contribution in [-0.4, -0.2) is 0 Å². The first-order valence-electron chi connectivity index (χ1n) is 30.6. The lowest BCUT2D eigenvalue weighted by Crippen LogP contribution is -2.34. The van der Waals surface area contributed by atoms with Crippen molar-refractivity contribution < 1.29 is 0 Å². The van der Waals surface area contributed by atoms with Gasteiger partial charge in [0, 0.05) is 0 Å². The molecule has 0 amide bonds. The summed E-state index contributed by atoms with van der Waals surface area (Å²) in [6.07, 6.45) is 5.18. The van der Waals surface area contributed by atoms with Crippen LogP contribution in [0.2, 0.25) is 0 Å². The molecule has 0 aliphatic heterocycles. The van der Waals surface area contributed by atoms with Crippen molar-refractivity contribution in [1.82, 2.24) is 0 Å². The Morgan fingerprint density at radius 1 is 0.241 bits per heavy atom. The molecule has 1 spiro atoms. The topological polar surface area (TPSA) is 0 Å². The lowest BCUT2D eigenvalue weighted by Gasteiger charge is -2.36. The van der Waals surface area contributed by atoms with Gasteiger partial charge in [0.2, 0.25) is 0 Å². The zero-order valence-electron chi connectivity index (χ0n) is 48.1. The maximum Gasteiger partial charge on any atom is 0.0695 e. The molecule has 0 fully saturated rings. The van der Waals surface area contributed by atoms with E-state index in [0.717, 1.165) is 0 Å². The minimum atomic E-state index is -0.763. The van der Waals surface area contributed by atoms with Gasteiger partial charge >= 0.3 is 0 Å². The summed E-state index contributed by atoms with van der Waals surface area (Å²) in [6, 6.07) is 114. The Hall–Kier alpha value is -10.9. The van der Waals surface area contributed by atoms with Crippen molar-refractivity contribution in [3.05, 3.63) is 342 Å². The van der Waals surface area contributed by atoms with Crippen LogP contribution in [0.25, 0.3) is 149 Å². The molecular weight excluding hydrogens is 1040 g/mol. The quantitative estimate of drug-likeness (QED) is 0.133. The third kappa shape index (κ3) is 7.51. The second kappa shape index (κ2) is 19.3. The van der Waals surface area contributed by atoms with E-state index in [1.807, 2.05) is 0 Å². The van der Waals surface area contributed by atoms with Crippen LogP contribution in [-0.2, 0) is 5.41 Å². The van der Waals surface area contributed by atoms with Gasteiger partial charge in [-0.05, 0) is 248 Å². The van der Waals surface area contributed by atoms with Crippen molar-refractivity contribution in [3.8, 4) is 77.9 Å². The van der Waals surface area contributed by atoms with E-state index in [9.17, 15) is 0 Å². The number of benzene rings is 15. The maximum atomic E-state index is 2.64. The van der Waals surface area contributed by atoms with Crippen LogP contribution in [0.4, 0.5) is 0 Å². The average Bonchev–Trinajstić information content (AvgIpc) is 1.49. The maximum absolute atomic E-state index is 2.64. The Labute approximate surface area is 506 Å². The third-order valence-electron chi connectivity index (χ3n) is 19.5. The van der Waals surface area contributed by atoms with Gasteiger partial charge in [0.1, 0.15) is 0 Å². The van der Waals surface area contributed by atoms with Crippen molar-refractivity contribution in [3.63, 3.8) is 0 Å². The van der Waals surface area contributed by atoms with Crippen molar-refractivity contribution in [1.29, 1.82) is 0 Å². The Balaban J connectivity index is 1.02. The number of allylic oxidation sites excluding steroid dienone is 2. The summed E-state index contributed by atoms with van der Waals surface area (Å²) in [4.78, 5) is 0. The molecule has 18 rings (SSSR count). The molecule has 15 aromatic rings. The monoisotopic (exact) mass is 1100 g/mol. The molecule has 0 saturated carbocycles. The Kier molecular flexibility index (Phi) is 11.0. The zero-order valence-corrected chi connectivity index (χ0v) is 48.1. The van der Waals surface area contributed by atoms with Crippen LogP contribution in [0, 0.1) is 5.92 Å². The fourth-order valence-corrected chi connectivity index (χ4v) is 15.8. The van der Waals surface area contributed by atoms with Gasteiger partial charge in [-0.15, -0.1) is 0 Å². The van der Waals surface area contributed by atoms with Gasteiger partial charge in [-0.25, -0.2) is 0 Å². The predicted molar refractivity (Wildman–Crippen MR) is 369 cm³/mol. The Morgan fingerprint density at radius 2 is 0.540 bits per heavy atom. The van der Waals surface area contributed by atoms with Crippen LogP contribution >= 0.6 is 0 Å². The van der Waals surface area contributed by atoms with E-state index >= 15 is 0 Å². The highest BCUT2D eigenvalue weighted by molar-refractivity contribution is 6.32. The molecule has 1 unspecified atom stereocenters. The lowest BCUT2D eigenvalue weighted by atomic mass is 9.65. The molecule has 0 heterocycles. The molecule has 0 aromatic heterocycles. The van der Waals surface area contributed by atoms with Gasteiger partial charge in [0.05, 0.1) is 5.41 Å². The molecule has 3 aliphatic carbocycles. The molecule has 0 radical (unpaired) electrons. The van der Waals surface area contributed by atoms with Crippen LogP contribution in [0.15, 0.2) is 309 Å². The standard InChI is InChI=1S/C87H56/c1-54-42-67(63-34-18-30-59(43-63)55-22-6-2-7-23-55)47-78-74-41-17-16-40-73(74)77-50-70(66-37-21-33-62(46-66)58-28-12-5-13-29-58)53-81-84(77)85(78)86(54)87(81)79-51-68(64-35-19-31-60(44-64)56-24-8-3-9-25-56)48-75-71-38-14-15-39-72(71)76-49-69(52-80(87)83(76)82(75)79)65-36-20-32-61(45-65)57-26-10-4-11-27-57/h2-54H,1H3. The van der Waals surface area contributed by atoms with Crippen molar-refractivity contribution in [2.75, 3.05) is 0 Å². The summed E-state index contributed by atoms with van der Waals surface area (Å²) in [5.74, 6) is -0.0246. The Morgan fingerprint density at radius 3 is 0.943 bits per heavy atom. The Bertz CT molecular complexity index is 5380. The van der Waals surface area contributed by atoms with Gasteiger partial charge < -0.3 is 0 Å². The normalized spacial score (nSPS) is 14.4. The molecule has 0 heteroatoms. The third-order valence-corrected chi connectivity index (χ3v) is 19.5. The van der Waals surface area contributed by atoms with Crippen molar-refractivity contribution in [2.24, 2.45) is 5.92 Å². The summed E-state index contributed by atoms with van der Waals surface area (Å²) in [7, 11) is 0. The van der Waals surface area contributed by atoms with E-state index in [2.05, 4.69) is 322 Å². The van der Waals surface area contributed by atoms with Crippen molar-refractivity contribution >= 4 is 71.1 Å². The van der Waals surface area contributed by atoms with E-state index < -0.39 is 5.41 Å². The fraction of sp³-hybridized carbons (Fsp3) is 0.0345. The molecular formula is C87H56. The number of hydrogen-bond acceptors (Lipinski definition) is 0. The molecule has 3 aliphatic rings. The molecule has 1 atom stereocenters. The number of hydrogen-bond donors (Lipinski definition) is 0. The first-order valence-corrected chi connectivity index (χ1v) is 30.6. The molecule has 0 N–H and O–H groups in total. The lowest BCUT2D eigenvalue weighted by molar-refractivity contribution is 0.762. The SMILES string of the molecule is CC1C=C(c2cccc(-c3ccccc3)c2)C=c2c3c4c(cc(-c5cccc(-c6ccccc6)c5)cc4c4ccccc24)C2(C=31)c1cc(-c3cccc(-c4ccccc4)c3)cc3c4ccccc4c4cc(-c5cccc(-c6ccccc6)c5)cc2c4c13. The molecule has 404 valence electrons. The van der Waals surface area contributed by atoms with E-state index in [-0.39, 0.29) is 5.92 Å². The highest BCUT2D eigenvalue weighted by atomic mass is 14.5. The van der Waals surface area contributed by atoms with E-state index in [0.29, 0.717) is 0 Å². The molecule has 0 nitrogen and oxygen atoms in total. The predicted octanol–water partition coefficient (Wildman–Crippen LogP) is 21.4. The van der Waals surface area contributed by atoms with Crippen molar-refractivity contribution in [2.45, 2.75) is 12.3 Å². The van der Waals surface area contributed by atoms with E-state index in [1.165, 1.54) is 176 Å². The average molecular weight is 1100 g/mol. The minimum Gasteiger partial charge on any atom is -0.0696 e. The molecule has 0 bridgehead atoms. The van der Waals surface area contributed by atoms with E-state index in [4.69, 9.17) is 0 Å². The molecule has 87 heavy (non-hydrogen) atoms. The largest absolute Gasteiger partial charge is 0.0696 e. The number of fused-ring (bicyclic) bond motifs is 10. The minimum absolute atomic E-state index is 0.0246. The summed E-state index contributed by atoms with van der Waals surface area (Å²) in [5, 5.41) is 15.7. The smallest absolute Gasteiger partial charge is 0.0695 e. The van der Waals surface area contributed by atoms with Gasteiger partial charge in [0.15, 0.2) is 0 Å². The summed E-state index contributed by atoms with van der Waals surface area (Å²) in [5.41, 5.74) is 24.1. The van der Waals surface area contributed by atoms with Gasteiger partial charge in [-0.1, -0.05) is 256 Å².